The Labute approximate surface area is 85.3 Å². The first kappa shape index (κ1) is 9.77. The van der Waals surface area contributed by atoms with Gasteiger partial charge in [-0.1, -0.05) is 13.3 Å². The second kappa shape index (κ2) is 4.07. The zero-order chi connectivity index (χ0) is 9.14. The average Bonchev–Trinajstić information content (AvgIpc) is 2.01. The third kappa shape index (κ3) is 2.09. The van der Waals surface area contributed by atoms with E-state index in [0.29, 0.717) is 9.26 Å². The van der Waals surface area contributed by atoms with Gasteiger partial charge in [-0.15, -0.1) is 0 Å². The lowest BCUT2D eigenvalue weighted by Gasteiger charge is -2.05. The van der Waals surface area contributed by atoms with Gasteiger partial charge >= 0.3 is 0 Å². The van der Waals surface area contributed by atoms with Crippen molar-refractivity contribution in [1.82, 2.24) is 0 Å². The molecular weight excluding hydrogens is 268 g/mol. The fourth-order valence-corrected chi connectivity index (χ4v) is 1.58. The number of halogens is 2. The molecule has 0 aromatic heterocycles. The Bertz CT molecular complexity index is 286. The molecule has 2 N–H and O–H groups in total. The van der Waals surface area contributed by atoms with Gasteiger partial charge in [-0.2, -0.15) is 0 Å². The molecule has 0 spiro atoms. The summed E-state index contributed by atoms with van der Waals surface area (Å²) in [6.07, 6.45) is 1.84. The summed E-state index contributed by atoms with van der Waals surface area (Å²) >= 11 is 1.94. The number of nitrogen functional groups attached to an aromatic ring is 1. The molecule has 0 bridgehead atoms. The van der Waals surface area contributed by atoms with Gasteiger partial charge in [-0.05, 0) is 46.7 Å². The van der Waals surface area contributed by atoms with E-state index in [4.69, 9.17) is 5.73 Å². The van der Waals surface area contributed by atoms with Gasteiger partial charge in [0.25, 0.3) is 0 Å². The maximum Gasteiger partial charge on any atom is 0.136 e. The van der Waals surface area contributed by atoms with Gasteiger partial charge < -0.3 is 5.73 Å². The van der Waals surface area contributed by atoms with Crippen molar-refractivity contribution in [3.8, 4) is 0 Å². The van der Waals surface area contributed by atoms with Crippen LogP contribution in [0.25, 0.3) is 0 Å². The standard InChI is InChI=1S/C9H11FIN/c1-2-3-6-4-7(10)8(11)5-9(6)12/h4-5H,2-3,12H2,1H3. The summed E-state index contributed by atoms with van der Waals surface area (Å²) in [7, 11) is 0. The minimum absolute atomic E-state index is 0.173. The van der Waals surface area contributed by atoms with E-state index in [-0.39, 0.29) is 5.82 Å². The van der Waals surface area contributed by atoms with Crippen LogP contribution in [0.4, 0.5) is 10.1 Å². The Kier molecular flexibility index (Phi) is 3.31. The molecule has 0 amide bonds. The Morgan fingerprint density at radius 2 is 2.17 bits per heavy atom. The van der Waals surface area contributed by atoms with Crippen LogP contribution in [-0.4, -0.2) is 0 Å². The molecule has 0 aliphatic carbocycles. The third-order valence-corrected chi connectivity index (χ3v) is 2.53. The van der Waals surface area contributed by atoms with Crippen molar-refractivity contribution in [1.29, 1.82) is 0 Å². The number of benzene rings is 1. The van der Waals surface area contributed by atoms with Crippen molar-refractivity contribution in [3.05, 3.63) is 27.1 Å². The Morgan fingerprint density at radius 3 is 2.75 bits per heavy atom. The van der Waals surface area contributed by atoms with Crippen molar-refractivity contribution in [2.45, 2.75) is 19.8 Å². The first-order valence-corrected chi connectivity index (χ1v) is 4.96. The molecule has 0 unspecified atom stereocenters. The lowest BCUT2D eigenvalue weighted by molar-refractivity contribution is 0.618. The maximum absolute atomic E-state index is 13.0. The minimum atomic E-state index is -0.173. The smallest absolute Gasteiger partial charge is 0.136 e. The zero-order valence-corrected chi connectivity index (χ0v) is 9.06. The summed E-state index contributed by atoms with van der Waals surface area (Å²) in [4.78, 5) is 0. The summed E-state index contributed by atoms with van der Waals surface area (Å²) in [6.45, 7) is 2.05. The van der Waals surface area contributed by atoms with E-state index < -0.39 is 0 Å². The van der Waals surface area contributed by atoms with Crippen molar-refractivity contribution in [2.24, 2.45) is 0 Å². The molecule has 0 saturated carbocycles. The van der Waals surface area contributed by atoms with E-state index in [9.17, 15) is 4.39 Å². The van der Waals surface area contributed by atoms with E-state index >= 15 is 0 Å². The molecule has 0 radical (unpaired) electrons. The van der Waals surface area contributed by atoms with Gasteiger partial charge in [0.15, 0.2) is 0 Å². The van der Waals surface area contributed by atoms with Crippen molar-refractivity contribution in [3.63, 3.8) is 0 Å². The van der Waals surface area contributed by atoms with Crippen LogP contribution in [0, 0.1) is 9.39 Å². The van der Waals surface area contributed by atoms with Crippen molar-refractivity contribution >= 4 is 28.3 Å². The van der Waals surface area contributed by atoms with E-state index in [1.807, 2.05) is 22.6 Å². The van der Waals surface area contributed by atoms with Crippen LogP contribution in [-0.2, 0) is 6.42 Å². The minimum Gasteiger partial charge on any atom is -0.398 e. The Hall–Kier alpha value is -0.320. The number of anilines is 1. The molecule has 66 valence electrons. The number of rotatable bonds is 2. The Balaban J connectivity index is 3.05. The molecule has 1 aromatic carbocycles. The highest BCUT2D eigenvalue weighted by Gasteiger charge is 2.04. The van der Waals surface area contributed by atoms with E-state index in [1.165, 1.54) is 6.07 Å². The van der Waals surface area contributed by atoms with Crippen LogP contribution < -0.4 is 5.73 Å². The normalized spacial score (nSPS) is 10.2. The van der Waals surface area contributed by atoms with Crippen LogP contribution in [0.1, 0.15) is 18.9 Å². The molecule has 0 heterocycles. The van der Waals surface area contributed by atoms with Gasteiger partial charge in [0, 0.05) is 5.69 Å². The molecule has 0 aliphatic rings. The first-order valence-electron chi connectivity index (χ1n) is 3.88. The van der Waals surface area contributed by atoms with Gasteiger partial charge in [0.05, 0.1) is 3.57 Å². The predicted molar refractivity (Wildman–Crippen MR) is 57.5 cm³/mol. The molecule has 0 atom stereocenters. The quantitative estimate of drug-likeness (QED) is 0.653. The fourth-order valence-electron chi connectivity index (χ4n) is 1.09. The third-order valence-electron chi connectivity index (χ3n) is 1.70. The topological polar surface area (TPSA) is 26.0 Å². The molecule has 0 fully saturated rings. The monoisotopic (exact) mass is 279 g/mol. The summed E-state index contributed by atoms with van der Waals surface area (Å²) in [6, 6.07) is 3.21. The number of hydrogen-bond donors (Lipinski definition) is 1. The molecule has 1 rings (SSSR count). The van der Waals surface area contributed by atoms with E-state index in [0.717, 1.165) is 18.4 Å². The molecule has 3 heteroatoms. The summed E-state index contributed by atoms with van der Waals surface area (Å²) in [5.74, 6) is -0.173. The van der Waals surface area contributed by atoms with Crippen molar-refractivity contribution < 1.29 is 4.39 Å². The van der Waals surface area contributed by atoms with Gasteiger partial charge in [-0.3, -0.25) is 0 Å². The summed E-state index contributed by atoms with van der Waals surface area (Å²) in [5, 5.41) is 0. The average molecular weight is 279 g/mol. The summed E-state index contributed by atoms with van der Waals surface area (Å²) < 4.78 is 13.6. The summed E-state index contributed by atoms with van der Waals surface area (Å²) in [5.41, 5.74) is 7.31. The molecule has 0 saturated heterocycles. The lowest BCUT2D eigenvalue weighted by Crippen LogP contribution is -1.96. The van der Waals surface area contributed by atoms with Gasteiger partial charge in [-0.25, -0.2) is 4.39 Å². The first-order chi connectivity index (χ1) is 5.65. The Morgan fingerprint density at radius 1 is 1.50 bits per heavy atom. The zero-order valence-electron chi connectivity index (χ0n) is 6.90. The SMILES string of the molecule is CCCc1cc(F)c(I)cc1N. The number of nitrogens with two attached hydrogens (primary N) is 1. The van der Waals surface area contributed by atoms with Crippen LogP contribution in [0.3, 0.4) is 0 Å². The molecule has 12 heavy (non-hydrogen) atoms. The molecule has 0 aliphatic heterocycles. The largest absolute Gasteiger partial charge is 0.398 e. The van der Waals surface area contributed by atoms with Crippen LogP contribution in [0.5, 0.6) is 0 Å². The lowest BCUT2D eigenvalue weighted by atomic mass is 10.1. The predicted octanol–water partition coefficient (Wildman–Crippen LogP) is 2.97. The maximum atomic E-state index is 13.0. The van der Waals surface area contributed by atoms with Crippen LogP contribution >= 0.6 is 22.6 Å². The number of aryl methyl sites for hydroxylation is 1. The van der Waals surface area contributed by atoms with Crippen LogP contribution in [0.2, 0.25) is 0 Å². The highest BCUT2D eigenvalue weighted by Crippen LogP contribution is 2.20. The van der Waals surface area contributed by atoms with E-state index in [2.05, 4.69) is 6.92 Å². The second-order valence-corrected chi connectivity index (χ2v) is 3.88. The number of hydrogen-bond acceptors (Lipinski definition) is 1. The molecule has 1 nitrogen and oxygen atoms in total. The van der Waals surface area contributed by atoms with E-state index in [1.54, 1.807) is 6.07 Å². The highest BCUT2D eigenvalue weighted by atomic mass is 127. The molecule has 1 aromatic rings. The molecular formula is C9H11FIN. The van der Waals surface area contributed by atoms with Gasteiger partial charge in [0.1, 0.15) is 5.82 Å². The van der Waals surface area contributed by atoms with Crippen LogP contribution in [0.15, 0.2) is 12.1 Å². The fraction of sp³-hybridized carbons (Fsp3) is 0.333. The highest BCUT2D eigenvalue weighted by molar-refractivity contribution is 14.1. The van der Waals surface area contributed by atoms with Gasteiger partial charge in [0.2, 0.25) is 0 Å². The van der Waals surface area contributed by atoms with Crippen molar-refractivity contribution in [2.75, 3.05) is 5.73 Å². The second-order valence-electron chi connectivity index (χ2n) is 2.72.